The summed E-state index contributed by atoms with van der Waals surface area (Å²) >= 11 is 5.83. The normalized spacial score (nSPS) is 16.8. The second-order valence-corrected chi connectivity index (χ2v) is 5.17. The Kier molecular flexibility index (Phi) is 5.08. The maximum Gasteiger partial charge on any atom is 0.416 e. The van der Waals surface area contributed by atoms with Gasteiger partial charge in [-0.1, -0.05) is 11.6 Å². The summed E-state index contributed by atoms with van der Waals surface area (Å²) in [5.74, 6) is -0.377. The van der Waals surface area contributed by atoms with Gasteiger partial charge in [-0.2, -0.15) is 13.2 Å². The zero-order chi connectivity index (χ0) is 15.5. The number of alkyl halides is 3. The van der Waals surface area contributed by atoms with E-state index in [1.165, 1.54) is 0 Å². The number of piperazine rings is 1. The largest absolute Gasteiger partial charge is 0.416 e. The molecule has 21 heavy (non-hydrogen) atoms. The number of carbonyl (C=O) groups excluding carboxylic acids is 1. The van der Waals surface area contributed by atoms with Crippen molar-refractivity contribution in [3.8, 4) is 0 Å². The number of carbonyl (C=O) groups is 1. The minimum Gasteiger partial charge on any atom is -0.324 e. The highest BCUT2D eigenvalue weighted by molar-refractivity contribution is 6.33. The Morgan fingerprint density at radius 1 is 1.33 bits per heavy atom. The quantitative estimate of drug-likeness (QED) is 0.897. The van der Waals surface area contributed by atoms with Gasteiger partial charge in [0.15, 0.2) is 0 Å². The summed E-state index contributed by atoms with van der Waals surface area (Å²) in [6, 6.07) is 2.86. The first-order chi connectivity index (χ1) is 9.86. The van der Waals surface area contributed by atoms with Gasteiger partial charge in [0.2, 0.25) is 5.91 Å². The van der Waals surface area contributed by atoms with E-state index < -0.39 is 11.7 Å². The third-order valence-corrected chi connectivity index (χ3v) is 3.47. The highest BCUT2D eigenvalue weighted by Gasteiger charge is 2.31. The number of benzene rings is 1. The predicted molar refractivity (Wildman–Crippen MR) is 74.4 cm³/mol. The summed E-state index contributed by atoms with van der Waals surface area (Å²) in [5, 5.41) is 5.67. The Morgan fingerprint density at radius 3 is 2.62 bits per heavy atom. The van der Waals surface area contributed by atoms with Crippen LogP contribution in [0.5, 0.6) is 0 Å². The van der Waals surface area contributed by atoms with Crippen LogP contribution in [0.4, 0.5) is 18.9 Å². The molecule has 8 heteroatoms. The molecule has 1 aliphatic heterocycles. The van der Waals surface area contributed by atoms with Crippen molar-refractivity contribution in [3.05, 3.63) is 28.8 Å². The molecule has 1 amide bonds. The minimum absolute atomic E-state index is 0.0216. The molecule has 1 aromatic carbocycles. The van der Waals surface area contributed by atoms with E-state index in [2.05, 4.69) is 10.6 Å². The van der Waals surface area contributed by atoms with Gasteiger partial charge in [-0.15, -0.1) is 0 Å². The zero-order valence-corrected chi connectivity index (χ0v) is 11.9. The minimum atomic E-state index is -4.47. The number of nitrogens with one attached hydrogen (secondary N) is 2. The molecule has 0 radical (unpaired) electrons. The summed E-state index contributed by atoms with van der Waals surface area (Å²) < 4.78 is 37.9. The van der Waals surface area contributed by atoms with Crippen LogP contribution in [0.15, 0.2) is 18.2 Å². The molecule has 0 spiro atoms. The Balaban J connectivity index is 2.02. The van der Waals surface area contributed by atoms with Crippen molar-refractivity contribution < 1.29 is 18.0 Å². The highest BCUT2D eigenvalue weighted by Crippen LogP contribution is 2.33. The number of hydrogen-bond acceptors (Lipinski definition) is 3. The molecule has 0 saturated carbocycles. The lowest BCUT2D eigenvalue weighted by atomic mass is 10.2. The lowest BCUT2D eigenvalue weighted by molar-refractivity contribution is -0.137. The van der Waals surface area contributed by atoms with Gasteiger partial charge in [-0.3, -0.25) is 9.69 Å². The SMILES string of the molecule is O=C(CN1CCNCC1)Nc1cc(C(F)(F)F)ccc1Cl. The summed E-state index contributed by atoms with van der Waals surface area (Å²) in [4.78, 5) is 13.8. The van der Waals surface area contributed by atoms with E-state index in [1.54, 1.807) is 0 Å². The van der Waals surface area contributed by atoms with E-state index in [0.717, 1.165) is 44.4 Å². The molecule has 2 N–H and O–H groups in total. The van der Waals surface area contributed by atoms with Crippen LogP contribution in [0.1, 0.15) is 5.56 Å². The number of amides is 1. The molecule has 4 nitrogen and oxygen atoms in total. The van der Waals surface area contributed by atoms with E-state index in [-0.39, 0.29) is 23.2 Å². The van der Waals surface area contributed by atoms with Gasteiger partial charge in [0.1, 0.15) is 0 Å². The van der Waals surface area contributed by atoms with Gasteiger partial charge in [-0.05, 0) is 18.2 Å². The molecule has 0 bridgehead atoms. The monoisotopic (exact) mass is 321 g/mol. The van der Waals surface area contributed by atoms with Gasteiger partial charge in [-0.25, -0.2) is 0 Å². The van der Waals surface area contributed by atoms with Crippen LogP contribution in [0.3, 0.4) is 0 Å². The molecule has 0 unspecified atom stereocenters. The Hall–Kier alpha value is -1.31. The van der Waals surface area contributed by atoms with Crippen LogP contribution in [-0.4, -0.2) is 43.5 Å². The molecule has 0 aromatic heterocycles. The maximum absolute atomic E-state index is 12.6. The average Bonchev–Trinajstić information content (AvgIpc) is 2.41. The van der Waals surface area contributed by atoms with Gasteiger partial charge in [0.25, 0.3) is 0 Å². The fourth-order valence-corrected chi connectivity index (χ4v) is 2.22. The van der Waals surface area contributed by atoms with Crippen LogP contribution in [0, 0.1) is 0 Å². The summed E-state index contributed by atoms with van der Waals surface area (Å²) in [6.07, 6.45) is -4.47. The number of nitrogens with zero attached hydrogens (tertiary/aromatic N) is 1. The van der Waals surface area contributed by atoms with E-state index in [9.17, 15) is 18.0 Å². The third-order valence-electron chi connectivity index (χ3n) is 3.14. The van der Waals surface area contributed by atoms with Crippen molar-refractivity contribution in [2.45, 2.75) is 6.18 Å². The first-order valence-electron chi connectivity index (χ1n) is 6.46. The molecule has 1 heterocycles. The second-order valence-electron chi connectivity index (χ2n) is 4.77. The number of anilines is 1. The van der Waals surface area contributed by atoms with Crippen LogP contribution < -0.4 is 10.6 Å². The van der Waals surface area contributed by atoms with Gasteiger partial charge >= 0.3 is 6.18 Å². The first-order valence-corrected chi connectivity index (χ1v) is 6.84. The second kappa shape index (κ2) is 6.64. The Morgan fingerprint density at radius 2 is 2.00 bits per heavy atom. The molecule has 1 fully saturated rings. The molecular weight excluding hydrogens is 307 g/mol. The molecule has 1 aliphatic rings. The summed E-state index contributed by atoms with van der Waals surface area (Å²) in [5.41, 5.74) is -0.865. The molecule has 0 atom stereocenters. The van der Waals surface area contributed by atoms with Crippen molar-refractivity contribution >= 4 is 23.2 Å². The van der Waals surface area contributed by atoms with Crippen LogP contribution >= 0.6 is 11.6 Å². The summed E-state index contributed by atoms with van der Waals surface area (Å²) in [7, 11) is 0. The first kappa shape index (κ1) is 16.1. The zero-order valence-electron chi connectivity index (χ0n) is 11.1. The van der Waals surface area contributed by atoms with E-state index >= 15 is 0 Å². The molecule has 1 aromatic rings. The molecular formula is C13H15ClF3N3O. The van der Waals surface area contributed by atoms with E-state index in [0.29, 0.717) is 0 Å². The van der Waals surface area contributed by atoms with Crippen molar-refractivity contribution in [1.82, 2.24) is 10.2 Å². The topological polar surface area (TPSA) is 44.4 Å². The number of rotatable bonds is 3. The molecule has 0 aliphatic carbocycles. The van der Waals surface area contributed by atoms with Crippen LogP contribution in [0.25, 0.3) is 0 Å². The van der Waals surface area contributed by atoms with E-state index in [4.69, 9.17) is 11.6 Å². The average molecular weight is 322 g/mol. The molecule has 2 rings (SSSR count). The molecule has 1 saturated heterocycles. The predicted octanol–water partition coefficient (Wildman–Crippen LogP) is 2.20. The van der Waals surface area contributed by atoms with Gasteiger partial charge in [0.05, 0.1) is 22.8 Å². The Labute approximate surface area is 125 Å². The lowest BCUT2D eigenvalue weighted by Crippen LogP contribution is -2.46. The Bertz CT molecular complexity index is 516. The standard InChI is InChI=1S/C13H15ClF3N3O/c14-10-2-1-9(13(15,16)17)7-11(10)19-12(21)8-20-5-3-18-4-6-20/h1-2,7,18H,3-6,8H2,(H,19,21). The van der Waals surface area contributed by atoms with Crippen LogP contribution in [0.2, 0.25) is 5.02 Å². The summed E-state index contributed by atoms with van der Waals surface area (Å²) in [6.45, 7) is 3.16. The fraction of sp³-hybridized carbons (Fsp3) is 0.462. The van der Waals surface area contributed by atoms with E-state index in [1.807, 2.05) is 4.90 Å². The van der Waals surface area contributed by atoms with Crippen molar-refractivity contribution in [2.75, 3.05) is 38.0 Å². The van der Waals surface area contributed by atoms with Crippen molar-refractivity contribution in [3.63, 3.8) is 0 Å². The maximum atomic E-state index is 12.6. The fourth-order valence-electron chi connectivity index (χ4n) is 2.06. The van der Waals surface area contributed by atoms with Gasteiger partial charge < -0.3 is 10.6 Å². The number of halogens is 4. The number of hydrogen-bond donors (Lipinski definition) is 2. The molecule has 116 valence electrons. The van der Waals surface area contributed by atoms with Crippen molar-refractivity contribution in [2.24, 2.45) is 0 Å². The van der Waals surface area contributed by atoms with Crippen LogP contribution in [-0.2, 0) is 11.0 Å². The third kappa shape index (κ3) is 4.59. The lowest BCUT2D eigenvalue weighted by Gasteiger charge is -2.26. The highest BCUT2D eigenvalue weighted by atomic mass is 35.5. The smallest absolute Gasteiger partial charge is 0.324 e. The van der Waals surface area contributed by atoms with Gasteiger partial charge in [0, 0.05) is 26.2 Å². The van der Waals surface area contributed by atoms with Crippen molar-refractivity contribution in [1.29, 1.82) is 0 Å².